The zero-order chi connectivity index (χ0) is 19.7. The van der Waals surface area contributed by atoms with Gasteiger partial charge < -0.3 is 9.88 Å². The quantitative estimate of drug-likeness (QED) is 0.730. The molecule has 8 heteroatoms. The zero-order valence-electron chi connectivity index (χ0n) is 16.2. The fraction of sp³-hybridized carbons (Fsp3) is 0.450. The number of halogens is 2. The third kappa shape index (κ3) is 3.56. The van der Waals surface area contributed by atoms with Gasteiger partial charge in [0.15, 0.2) is 5.82 Å². The first-order valence-corrected chi connectivity index (χ1v) is 9.67. The molecule has 0 spiro atoms. The van der Waals surface area contributed by atoms with E-state index in [2.05, 4.69) is 25.2 Å². The molecule has 1 aromatic carbocycles. The second-order valence-electron chi connectivity index (χ2n) is 7.26. The summed E-state index contributed by atoms with van der Waals surface area (Å²) in [6, 6.07) is 3.53. The first-order chi connectivity index (χ1) is 13.5. The van der Waals surface area contributed by atoms with Crippen molar-refractivity contribution in [3.63, 3.8) is 0 Å². The fourth-order valence-corrected chi connectivity index (χ4v) is 3.79. The molecule has 1 N–H and O–H groups in total. The number of aromatic nitrogens is 5. The van der Waals surface area contributed by atoms with Crippen molar-refractivity contribution in [3.8, 4) is 5.69 Å². The van der Waals surface area contributed by atoms with Crippen LogP contribution in [0.3, 0.4) is 0 Å². The van der Waals surface area contributed by atoms with Crippen LogP contribution in [0.15, 0.2) is 18.2 Å². The summed E-state index contributed by atoms with van der Waals surface area (Å²) in [7, 11) is 0. The molecule has 28 heavy (non-hydrogen) atoms. The van der Waals surface area contributed by atoms with Crippen LogP contribution in [0.25, 0.3) is 5.69 Å². The van der Waals surface area contributed by atoms with Crippen LogP contribution in [0, 0.1) is 25.5 Å². The predicted octanol–water partition coefficient (Wildman–Crippen LogP) is 3.38. The molecule has 6 nitrogen and oxygen atoms in total. The first kappa shape index (κ1) is 18.7. The number of hydrogen-bond donors (Lipinski definition) is 1. The van der Waals surface area contributed by atoms with Crippen LogP contribution in [-0.4, -0.2) is 24.5 Å². The van der Waals surface area contributed by atoms with Crippen molar-refractivity contribution in [2.45, 2.75) is 59.2 Å². The minimum absolute atomic E-state index is 0.246. The maximum absolute atomic E-state index is 14.2. The van der Waals surface area contributed by atoms with Gasteiger partial charge in [0, 0.05) is 36.8 Å². The van der Waals surface area contributed by atoms with Crippen molar-refractivity contribution >= 4 is 0 Å². The highest BCUT2D eigenvalue weighted by atomic mass is 19.1. The molecule has 2 aromatic heterocycles. The van der Waals surface area contributed by atoms with E-state index in [0.29, 0.717) is 13.1 Å². The van der Waals surface area contributed by atoms with E-state index in [4.69, 9.17) is 0 Å². The second kappa shape index (κ2) is 7.79. The molecule has 0 saturated carbocycles. The summed E-state index contributed by atoms with van der Waals surface area (Å²) in [6.07, 6.45) is 4.55. The number of hydrogen-bond acceptors (Lipinski definition) is 4. The minimum atomic E-state index is -0.628. The van der Waals surface area contributed by atoms with Crippen molar-refractivity contribution in [1.29, 1.82) is 0 Å². The van der Waals surface area contributed by atoms with Crippen LogP contribution in [0.5, 0.6) is 0 Å². The van der Waals surface area contributed by atoms with Crippen LogP contribution in [0.1, 0.15) is 47.9 Å². The summed E-state index contributed by atoms with van der Waals surface area (Å²) in [5.74, 6) is 0.791. The lowest BCUT2D eigenvalue weighted by Gasteiger charge is -2.09. The SMILES string of the molecule is Cc1nn(-c2ccc(F)cc2F)c(C)c1CNCc1nnc2n1CCCCC2. The summed E-state index contributed by atoms with van der Waals surface area (Å²) in [5.41, 5.74) is 2.89. The average molecular weight is 386 g/mol. The monoisotopic (exact) mass is 386 g/mol. The Morgan fingerprint density at radius 2 is 1.93 bits per heavy atom. The largest absolute Gasteiger partial charge is 0.314 e. The molecular weight excluding hydrogens is 362 g/mol. The molecule has 3 aromatic rings. The van der Waals surface area contributed by atoms with E-state index in [-0.39, 0.29) is 5.69 Å². The molecule has 0 bridgehead atoms. The third-order valence-electron chi connectivity index (χ3n) is 5.35. The van der Waals surface area contributed by atoms with Gasteiger partial charge in [0.25, 0.3) is 0 Å². The Hall–Kier alpha value is -2.61. The highest BCUT2D eigenvalue weighted by molar-refractivity contribution is 5.38. The Morgan fingerprint density at radius 1 is 1.07 bits per heavy atom. The minimum Gasteiger partial charge on any atom is -0.314 e. The smallest absolute Gasteiger partial charge is 0.151 e. The number of fused-ring (bicyclic) bond motifs is 1. The van der Waals surface area contributed by atoms with Gasteiger partial charge in [0.1, 0.15) is 23.2 Å². The lowest BCUT2D eigenvalue weighted by Crippen LogP contribution is -2.18. The van der Waals surface area contributed by atoms with E-state index in [9.17, 15) is 8.78 Å². The van der Waals surface area contributed by atoms with E-state index < -0.39 is 11.6 Å². The molecule has 0 amide bonds. The Labute approximate surface area is 162 Å². The molecule has 148 valence electrons. The van der Waals surface area contributed by atoms with E-state index in [0.717, 1.165) is 54.1 Å². The van der Waals surface area contributed by atoms with E-state index >= 15 is 0 Å². The van der Waals surface area contributed by atoms with Crippen molar-refractivity contribution in [2.24, 2.45) is 0 Å². The van der Waals surface area contributed by atoms with Gasteiger partial charge in [0.2, 0.25) is 0 Å². The van der Waals surface area contributed by atoms with Crippen LogP contribution >= 0.6 is 0 Å². The Bertz CT molecular complexity index is 991. The van der Waals surface area contributed by atoms with Gasteiger partial charge in [-0.3, -0.25) is 0 Å². The average Bonchev–Trinajstić information content (AvgIpc) is 3.06. The molecular formula is C20H24F2N6. The standard InChI is InChI=1S/C20H24F2N6/c1-13-16(14(2)28(26-13)18-8-7-15(21)10-17(18)22)11-23-12-20-25-24-19-6-4-3-5-9-27(19)20/h7-8,10,23H,3-6,9,11-12H2,1-2H3. The molecule has 1 aliphatic heterocycles. The normalized spacial score (nSPS) is 14.1. The number of rotatable bonds is 5. The number of nitrogens with one attached hydrogen (secondary N) is 1. The van der Waals surface area contributed by atoms with Crippen LogP contribution in [0.4, 0.5) is 8.78 Å². The summed E-state index contributed by atoms with van der Waals surface area (Å²) >= 11 is 0. The van der Waals surface area contributed by atoms with Crippen LogP contribution in [0.2, 0.25) is 0 Å². The summed E-state index contributed by atoms with van der Waals surface area (Å²) < 4.78 is 31.1. The van der Waals surface area contributed by atoms with Crippen molar-refractivity contribution in [1.82, 2.24) is 29.9 Å². The topological polar surface area (TPSA) is 60.6 Å². The third-order valence-corrected chi connectivity index (χ3v) is 5.35. The molecule has 0 unspecified atom stereocenters. The summed E-state index contributed by atoms with van der Waals surface area (Å²) in [5, 5.41) is 16.5. The molecule has 0 saturated heterocycles. The lowest BCUT2D eigenvalue weighted by atomic mass is 10.2. The maximum Gasteiger partial charge on any atom is 0.151 e. The molecule has 1 aliphatic rings. The Kier molecular flexibility index (Phi) is 5.21. The molecule has 0 atom stereocenters. The zero-order valence-corrected chi connectivity index (χ0v) is 16.2. The molecule has 4 rings (SSSR count). The second-order valence-corrected chi connectivity index (χ2v) is 7.26. The van der Waals surface area contributed by atoms with Gasteiger partial charge in [-0.05, 0) is 38.8 Å². The van der Waals surface area contributed by atoms with E-state index in [1.165, 1.54) is 29.7 Å². The number of nitrogens with zero attached hydrogens (tertiary/aromatic N) is 5. The fourth-order valence-electron chi connectivity index (χ4n) is 3.79. The maximum atomic E-state index is 14.2. The number of aryl methyl sites for hydroxylation is 2. The van der Waals surface area contributed by atoms with Gasteiger partial charge in [-0.25, -0.2) is 13.5 Å². The van der Waals surface area contributed by atoms with Gasteiger partial charge in [-0.2, -0.15) is 5.10 Å². The molecule has 0 radical (unpaired) electrons. The van der Waals surface area contributed by atoms with Crippen LogP contribution in [-0.2, 0) is 26.1 Å². The Balaban J connectivity index is 1.49. The summed E-state index contributed by atoms with van der Waals surface area (Å²) in [6.45, 7) is 5.96. The van der Waals surface area contributed by atoms with E-state index in [1.54, 1.807) is 0 Å². The first-order valence-electron chi connectivity index (χ1n) is 9.67. The highest BCUT2D eigenvalue weighted by Crippen LogP contribution is 2.21. The van der Waals surface area contributed by atoms with Crippen LogP contribution < -0.4 is 5.32 Å². The Morgan fingerprint density at radius 3 is 2.75 bits per heavy atom. The molecule has 3 heterocycles. The van der Waals surface area contributed by atoms with Crippen molar-refractivity contribution < 1.29 is 8.78 Å². The molecule has 0 fully saturated rings. The van der Waals surface area contributed by atoms with Gasteiger partial charge in [-0.15, -0.1) is 10.2 Å². The van der Waals surface area contributed by atoms with Gasteiger partial charge >= 0.3 is 0 Å². The lowest BCUT2D eigenvalue weighted by molar-refractivity contribution is 0.570. The van der Waals surface area contributed by atoms with Crippen molar-refractivity contribution in [3.05, 3.63) is 58.4 Å². The summed E-state index contributed by atoms with van der Waals surface area (Å²) in [4.78, 5) is 0. The predicted molar refractivity (Wildman–Crippen MR) is 101 cm³/mol. The van der Waals surface area contributed by atoms with Gasteiger partial charge in [-0.1, -0.05) is 6.42 Å². The van der Waals surface area contributed by atoms with Crippen molar-refractivity contribution in [2.75, 3.05) is 0 Å². The molecule has 0 aliphatic carbocycles. The highest BCUT2D eigenvalue weighted by Gasteiger charge is 2.17. The van der Waals surface area contributed by atoms with E-state index in [1.807, 2.05) is 13.8 Å². The number of benzene rings is 1. The van der Waals surface area contributed by atoms with Gasteiger partial charge in [0.05, 0.1) is 12.2 Å².